The lowest BCUT2D eigenvalue weighted by Crippen LogP contribution is -2.49. The molecule has 1 aliphatic rings. The largest absolute Gasteiger partial charge is 0.443 e. The van der Waals surface area contributed by atoms with E-state index in [1.807, 2.05) is 20.8 Å². The number of nitrogens with zero attached hydrogens (tertiary/aromatic N) is 1. The Bertz CT molecular complexity index is 883. The first-order valence-electron chi connectivity index (χ1n) is 10.1. The van der Waals surface area contributed by atoms with Crippen molar-refractivity contribution in [2.75, 3.05) is 6.54 Å². The van der Waals surface area contributed by atoms with Gasteiger partial charge in [-0.3, -0.25) is 4.79 Å². The van der Waals surface area contributed by atoms with Crippen molar-refractivity contribution in [3.05, 3.63) is 53.2 Å². The van der Waals surface area contributed by atoms with Gasteiger partial charge in [-0.15, -0.1) is 0 Å². The van der Waals surface area contributed by atoms with E-state index in [0.29, 0.717) is 11.5 Å². The molecule has 0 aliphatic heterocycles. The van der Waals surface area contributed by atoms with Crippen molar-refractivity contribution in [2.45, 2.75) is 70.1 Å². The molecule has 1 saturated carbocycles. The SMILES string of the molecule is CC(=O)NC(Cc1cc(F)cc(F)c1)C(O)CNC1(c2ncc(C(C)(C)C)o2)CC1. The van der Waals surface area contributed by atoms with Gasteiger partial charge in [0.2, 0.25) is 11.8 Å². The maximum atomic E-state index is 13.5. The second kappa shape index (κ2) is 8.43. The molecule has 1 fully saturated rings. The Morgan fingerprint density at radius 3 is 2.40 bits per heavy atom. The van der Waals surface area contributed by atoms with Gasteiger partial charge in [-0.1, -0.05) is 20.8 Å². The Balaban J connectivity index is 1.67. The average molecular weight is 421 g/mol. The predicted molar refractivity (Wildman–Crippen MR) is 108 cm³/mol. The average Bonchev–Trinajstić information content (AvgIpc) is 3.22. The van der Waals surface area contributed by atoms with E-state index in [1.54, 1.807) is 6.20 Å². The van der Waals surface area contributed by atoms with E-state index in [1.165, 1.54) is 19.1 Å². The van der Waals surface area contributed by atoms with Crippen LogP contribution in [0, 0.1) is 11.6 Å². The van der Waals surface area contributed by atoms with E-state index in [4.69, 9.17) is 4.42 Å². The Labute approximate surface area is 175 Å². The van der Waals surface area contributed by atoms with Crippen LogP contribution >= 0.6 is 0 Å². The first kappa shape index (κ1) is 22.4. The Morgan fingerprint density at radius 1 is 1.27 bits per heavy atom. The van der Waals surface area contributed by atoms with Crippen molar-refractivity contribution in [2.24, 2.45) is 0 Å². The van der Waals surface area contributed by atoms with Crippen LogP contribution in [0.1, 0.15) is 57.8 Å². The minimum Gasteiger partial charge on any atom is -0.443 e. The number of hydrogen-bond acceptors (Lipinski definition) is 5. The lowest BCUT2D eigenvalue weighted by molar-refractivity contribution is -0.120. The molecule has 1 heterocycles. The van der Waals surface area contributed by atoms with Crippen molar-refractivity contribution < 1.29 is 23.1 Å². The standard InChI is InChI=1S/C22H29F2N3O3/c1-13(28)27-17(9-14-7-15(23)10-16(24)8-14)18(29)11-26-22(5-6-22)20-25-12-19(30-20)21(2,3)4/h7-8,10,12,17-18,26,29H,5-6,9,11H2,1-4H3,(H,27,28). The summed E-state index contributed by atoms with van der Waals surface area (Å²) in [6, 6.07) is 2.47. The summed E-state index contributed by atoms with van der Waals surface area (Å²) in [6.07, 6.45) is 2.49. The number of hydrogen-bond donors (Lipinski definition) is 3. The fourth-order valence-corrected chi connectivity index (χ4v) is 3.40. The third-order valence-electron chi connectivity index (χ3n) is 5.28. The molecule has 0 saturated heterocycles. The maximum absolute atomic E-state index is 13.5. The molecule has 2 unspecified atom stereocenters. The van der Waals surface area contributed by atoms with Gasteiger partial charge < -0.3 is 20.2 Å². The highest BCUT2D eigenvalue weighted by Gasteiger charge is 2.49. The van der Waals surface area contributed by atoms with E-state index in [-0.39, 0.29) is 24.3 Å². The molecule has 3 N–H and O–H groups in total. The van der Waals surface area contributed by atoms with Gasteiger partial charge in [0, 0.05) is 24.9 Å². The van der Waals surface area contributed by atoms with Gasteiger partial charge in [-0.2, -0.15) is 0 Å². The maximum Gasteiger partial charge on any atom is 0.217 e. The molecule has 30 heavy (non-hydrogen) atoms. The second-order valence-corrected chi connectivity index (χ2v) is 9.10. The molecular formula is C22H29F2N3O3. The third-order valence-corrected chi connectivity index (χ3v) is 5.28. The van der Waals surface area contributed by atoms with Crippen LogP contribution in [0.25, 0.3) is 0 Å². The number of carbonyl (C=O) groups is 1. The minimum absolute atomic E-state index is 0.0945. The molecule has 0 bridgehead atoms. The highest BCUT2D eigenvalue weighted by atomic mass is 19.1. The normalized spacial score (nSPS) is 17.4. The zero-order valence-electron chi connectivity index (χ0n) is 17.8. The van der Waals surface area contributed by atoms with Gasteiger partial charge in [0.15, 0.2) is 0 Å². The number of benzene rings is 1. The summed E-state index contributed by atoms with van der Waals surface area (Å²) in [7, 11) is 0. The van der Waals surface area contributed by atoms with Crippen LogP contribution in [0.4, 0.5) is 8.78 Å². The van der Waals surface area contributed by atoms with Gasteiger partial charge in [0.05, 0.1) is 23.9 Å². The van der Waals surface area contributed by atoms with Gasteiger partial charge in [0.25, 0.3) is 0 Å². The highest BCUT2D eigenvalue weighted by molar-refractivity contribution is 5.73. The van der Waals surface area contributed by atoms with E-state index in [9.17, 15) is 18.7 Å². The first-order chi connectivity index (χ1) is 14.0. The number of aliphatic hydroxyl groups is 1. The van der Waals surface area contributed by atoms with Gasteiger partial charge in [-0.25, -0.2) is 13.8 Å². The topological polar surface area (TPSA) is 87.4 Å². The van der Waals surface area contributed by atoms with Crippen LogP contribution in [0.5, 0.6) is 0 Å². The molecule has 8 heteroatoms. The number of aliphatic hydroxyl groups excluding tert-OH is 1. The molecule has 1 aromatic heterocycles. The number of aromatic nitrogens is 1. The first-order valence-corrected chi connectivity index (χ1v) is 10.1. The zero-order valence-corrected chi connectivity index (χ0v) is 17.8. The van der Waals surface area contributed by atoms with E-state index in [0.717, 1.165) is 24.7 Å². The fraction of sp³-hybridized carbons (Fsp3) is 0.545. The summed E-state index contributed by atoms with van der Waals surface area (Å²) >= 11 is 0. The number of oxazole rings is 1. The molecule has 2 atom stereocenters. The molecule has 0 spiro atoms. The number of carbonyl (C=O) groups excluding carboxylic acids is 1. The van der Waals surface area contributed by atoms with E-state index < -0.39 is 29.3 Å². The minimum atomic E-state index is -0.977. The van der Waals surface area contributed by atoms with Gasteiger partial charge >= 0.3 is 0 Å². The number of rotatable bonds is 8. The fourth-order valence-electron chi connectivity index (χ4n) is 3.40. The molecule has 1 aliphatic carbocycles. The lowest BCUT2D eigenvalue weighted by Gasteiger charge is -2.26. The molecule has 2 aromatic rings. The van der Waals surface area contributed by atoms with Crippen LogP contribution in [0.3, 0.4) is 0 Å². The predicted octanol–water partition coefficient (Wildman–Crippen LogP) is 2.94. The summed E-state index contributed by atoms with van der Waals surface area (Å²) in [5, 5.41) is 16.7. The lowest BCUT2D eigenvalue weighted by atomic mass is 9.94. The van der Waals surface area contributed by atoms with Crippen LogP contribution in [0.15, 0.2) is 28.8 Å². The van der Waals surface area contributed by atoms with Crippen molar-refractivity contribution in [3.63, 3.8) is 0 Å². The van der Waals surface area contributed by atoms with Crippen molar-refractivity contribution in [3.8, 4) is 0 Å². The highest BCUT2D eigenvalue weighted by Crippen LogP contribution is 2.45. The summed E-state index contributed by atoms with van der Waals surface area (Å²) in [5.74, 6) is -0.359. The summed E-state index contributed by atoms with van der Waals surface area (Å²) in [4.78, 5) is 16.0. The van der Waals surface area contributed by atoms with Gasteiger partial charge in [-0.05, 0) is 37.0 Å². The molecular weight excluding hydrogens is 392 g/mol. The molecule has 1 amide bonds. The second-order valence-electron chi connectivity index (χ2n) is 9.10. The smallest absolute Gasteiger partial charge is 0.217 e. The summed E-state index contributed by atoms with van der Waals surface area (Å²) in [6.45, 7) is 7.63. The summed E-state index contributed by atoms with van der Waals surface area (Å²) in [5.41, 5.74) is -0.234. The number of amides is 1. The number of halogens is 2. The Morgan fingerprint density at radius 2 is 1.90 bits per heavy atom. The van der Waals surface area contributed by atoms with Crippen LogP contribution in [-0.4, -0.2) is 34.7 Å². The Hall–Kier alpha value is -2.32. The third kappa shape index (κ3) is 5.43. The van der Waals surface area contributed by atoms with Gasteiger partial charge in [0.1, 0.15) is 17.4 Å². The molecule has 164 valence electrons. The Kier molecular flexibility index (Phi) is 6.29. The van der Waals surface area contributed by atoms with Crippen molar-refractivity contribution in [1.29, 1.82) is 0 Å². The summed E-state index contributed by atoms with van der Waals surface area (Å²) < 4.78 is 33.0. The molecule has 3 rings (SSSR count). The van der Waals surface area contributed by atoms with E-state index >= 15 is 0 Å². The molecule has 0 radical (unpaired) electrons. The molecule has 1 aromatic carbocycles. The van der Waals surface area contributed by atoms with Crippen LogP contribution < -0.4 is 10.6 Å². The zero-order chi connectivity index (χ0) is 22.1. The van der Waals surface area contributed by atoms with Crippen LogP contribution in [0.2, 0.25) is 0 Å². The quantitative estimate of drug-likeness (QED) is 0.610. The van der Waals surface area contributed by atoms with Crippen molar-refractivity contribution in [1.82, 2.24) is 15.6 Å². The monoisotopic (exact) mass is 421 g/mol. The van der Waals surface area contributed by atoms with Crippen molar-refractivity contribution >= 4 is 5.91 Å². The van der Waals surface area contributed by atoms with Crippen LogP contribution in [-0.2, 0) is 22.2 Å². The number of nitrogens with one attached hydrogen (secondary N) is 2. The van der Waals surface area contributed by atoms with E-state index in [2.05, 4.69) is 15.6 Å². The molecule has 6 nitrogen and oxygen atoms in total.